The molecule has 0 aliphatic heterocycles. The Kier molecular flexibility index (Phi) is 3.23. The molecule has 1 N–H and O–H groups in total. The highest BCUT2D eigenvalue weighted by Gasteiger charge is 2.43. The molecular formula is C10H13Cl2N. The molecule has 1 aromatic rings. The van der Waals surface area contributed by atoms with Crippen molar-refractivity contribution in [3.63, 3.8) is 0 Å². The maximum atomic E-state index is 6.09. The van der Waals surface area contributed by atoms with Crippen molar-refractivity contribution in [2.75, 3.05) is 7.05 Å². The molecule has 0 saturated heterocycles. The number of rotatable bonds is 2. The molecule has 0 radical (unpaired) electrons. The largest absolute Gasteiger partial charge is 0.310 e. The number of halogens is 2. The van der Waals surface area contributed by atoms with Crippen molar-refractivity contribution in [1.29, 1.82) is 0 Å². The number of benzene rings is 1. The molecule has 1 aliphatic carbocycles. The van der Waals surface area contributed by atoms with E-state index in [1.807, 2.05) is 25.2 Å². The Bertz CT molecular complexity index is 295. The van der Waals surface area contributed by atoms with Crippen LogP contribution >= 0.6 is 24.0 Å². The highest BCUT2D eigenvalue weighted by atomic mass is 35.5. The smallest absolute Gasteiger partial charge is 0.0456 e. The van der Waals surface area contributed by atoms with Gasteiger partial charge in [-0.1, -0.05) is 29.8 Å². The van der Waals surface area contributed by atoms with Crippen LogP contribution in [0.15, 0.2) is 24.3 Å². The molecule has 0 aromatic heterocycles. The zero-order chi connectivity index (χ0) is 8.60. The Morgan fingerprint density at radius 2 is 1.92 bits per heavy atom. The van der Waals surface area contributed by atoms with Crippen molar-refractivity contribution < 1.29 is 0 Å². The van der Waals surface area contributed by atoms with Gasteiger partial charge >= 0.3 is 0 Å². The second-order valence-electron chi connectivity index (χ2n) is 3.31. The van der Waals surface area contributed by atoms with Gasteiger partial charge < -0.3 is 5.32 Å². The minimum atomic E-state index is 0. The summed E-state index contributed by atoms with van der Waals surface area (Å²) in [5.41, 5.74) is 1.44. The lowest BCUT2D eigenvalue weighted by atomic mass is 10.1. The van der Waals surface area contributed by atoms with E-state index in [1.165, 1.54) is 18.4 Å². The zero-order valence-electron chi connectivity index (χ0n) is 7.51. The topological polar surface area (TPSA) is 12.0 Å². The van der Waals surface area contributed by atoms with E-state index in [0.717, 1.165) is 5.02 Å². The monoisotopic (exact) mass is 217 g/mol. The summed E-state index contributed by atoms with van der Waals surface area (Å²) in [6.07, 6.45) is 2.40. The summed E-state index contributed by atoms with van der Waals surface area (Å²) < 4.78 is 0. The van der Waals surface area contributed by atoms with Gasteiger partial charge in [-0.2, -0.15) is 0 Å². The van der Waals surface area contributed by atoms with Crippen molar-refractivity contribution in [2.24, 2.45) is 0 Å². The summed E-state index contributed by atoms with van der Waals surface area (Å²) >= 11 is 6.09. The van der Waals surface area contributed by atoms with Crippen LogP contribution in [0, 0.1) is 0 Å². The van der Waals surface area contributed by atoms with Gasteiger partial charge in [-0.15, -0.1) is 12.4 Å². The van der Waals surface area contributed by atoms with Crippen LogP contribution in [0.4, 0.5) is 0 Å². The third kappa shape index (κ3) is 1.83. The molecule has 1 aliphatic rings. The molecule has 0 spiro atoms. The average molecular weight is 218 g/mol. The standard InChI is InChI=1S/C10H12ClN.ClH/c1-12-10(6-7-10)8-4-2-3-5-9(8)11;/h2-5,12H,6-7H2,1H3;1H. The van der Waals surface area contributed by atoms with E-state index < -0.39 is 0 Å². The highest BCUT2D eigenvalue weighted by molar-refractivity contribution is 6.31. The predicted molar refractivity (Wildman–Crippen MR) is 58.7 cm³/mol. The minimum Gasteiger partial charge on any atom is -0.310 e. The number of hydrogen-bond donors (Lipinski definition) is 1. The normalized spacial score (nSPS) is 17.7. The second kappa shape index (κ2) is 3.87. The molecule has 13 heavy (non-hydrogen) atoms. The van der Waals surface area contributed by atoms with E-state index in [4.69, 9.17) is 11.6 Å². The molecule has 1 fully saturated rings. The van der Waals surface area contributed by atoms with Crippen LogP contribution in [0.2, 0.25) is 5.02 Å². The van der Waals surface area contributed by atoms with Gasteiger partial charge in [-0.3, -0.25) is 0 Å². The summed E-state index contributed by atoms with van der Waals surface area (Å²) in [5, 5.41) is 4.20. The highest BCUT2D eigenvalue weighted by Crippen LogP contribution is 2.47. The van der Waals surface area contributed by atoms with E-state index in [1.54, 1.807) is 0 Å². The Morgan fingerprint density at radius 3 is 2.38 bits per heavy atom. The molecule has 0 atom stereocenters. The SMILES string of the molecule is CNC1(c2ccccc2Cl)CC1.Cl. The molecule has 0 bridgehead atoms. The summed E-state index contributed by atoms with van der Waals surface area (Å²) in [7, 11) is 2.00. The van der Waals surface area contributed by atoms with Crippen molar-refractivity contribution >= 4 is 24.0 Å². The first-order valence-electron chi connectivity index (χ1n) is 4.22. The summed E-state index contributed by atoms with van der Waals surface area (Å²) in [6, 6.07) is 8.07. The van der Waals surface area contributed by atoms with Crippen molar-refractivity contribution in [3.05, 3.63) is 34.9 Å². The quantitative estimate of drug-likeness (QED) is 0.804. The second-order valence-corrected chi connectivity index (χ2v) is 3.72. The molecule has 0 amide bonds. The first-order chi connectivity index (χ1) is 5.78. The maximum absolute atomic E-state index is 6.09. The molecule has 1 aromatic carbocycles. The van der Waals surface area contributed by atoms with Crippen LogP contribution < -0.4 is 5.32 Å². The van der Waals surface area contributed by atoms with Gasteiger partial charge in [0.1, 0.15) is 0 Å². The first kappa shape index (κ1) is 10.8. The number of hydrogen-bond acceptors (Lipinski definition) is 1. The third-order valence-electron chi connectivity index (χ3n) is 2.62. The Labute approximate surface area is 89.9 Å². The van der Waals surface area contributed by atoms with Crippen molar-refractivity contribution in [2.45, 2.75) is 18.4 Å². The van der Waals surface area contributed by atoms with E-state index >= 15 is 0 Å². The van der Waals surface area contributed by atoms with Gasteiger partial charge in [0.2, 0.25) is 0 Å². The molecular weight excluding hydrogens is 205 g/mol. The van der Waals surface area contributed by atoms with Crippen LogP contribution in [0.25, 0.3) is 0 Å². The van der Waals surface area contributed by atoms with E-state index in [2.05, 4.69) is 11.4 Å². The van der Waals surface area contributed by atoms with Crippen LogP contribution in [-0.2, 0) is 5.54 Å². The molecule has 1 nitrogen and oxygen atoms in total. The lowest BCUT2D eigenvalue weighted by Gasteiger charge is -2.15. The average Bonchev–Trinajstić information content (AvgIpc) is 2.86. The van der Waals surface area contributed by atoms with Crippen LogP contribution in [0.3, 0.4) is 0 Å². The summed E-state index contributed by atoms with van der Waals surface area (Å²) in [5.74, 6) is 0. The summed E-state index contributed by atoms with van der Waals surface area (Å²) in [6.45, 7) is 0. The lowest BCUT2D eigenvalue weighted by Crippen LogP contribution is -2.24. The van der Waals surface area contributed by atoms with Gasteiger partial charge in [-0.05, 0) is 31.5 Å². The van der Waals surface area contributed by atoms with Gasteiger partial charge in [0.15, 0.2) is 0 Å². The van der Waals surface area contributed by atoms with E-state index in [-0.39, 0.29) is 17.9 Å². The first-order valence-corrected chi connectivity index (χ1v) is 4.60. The Morgan fingerprint density at radius 1 is 1.31 bits per heavy atom. The maximum Gasteiger partial charge on any atom is 0.0456 e. The molecule has 3 heteroatoms. The van der Waals surface area contributed by atoms with Crippen LogP contribution in [-0.4, -0.2) is 7.05 Å². The fourth-order valence-corrected chi connectivity index (χ4v) is 1.94. The molecule has 2 rings (SSSR count). The van der Waals surface area contributed by atoms with Gasteiger partial charge in [0, 0.05) is 10.6 Å². The van der Waals surface area contributed by atoms with Crippen LogP contribution in [0.1, 0.15) is 18.4 Å². The zero-order valence-corrected chi connectivity index (χ0v) is 9.08. The van der Waals surface area contributed by atoms with Crippen LogP contribution in [0.5, 0.6) is 0 Å². The molecule has 0 unspecified atom stereocenters. The van der Waals surface area contributed by atoms with E-state index in [9.17, 15) is 0 Å². The minimum absolute atomic E-state index is 0. The van der Waals surface area contributed by atoms with Crippen molar-refractivity contribution in [1.82, 2.24) is 5.32 Å². The fraction of sp³-hybridized carbons (Fsp3) is 0.400. The molecule has 72 valence electrons. The Balaban J connectivity index is 0.000000845. The summed E-state index contributed by atoms with van der Waals surface area (Å²) in [4.78, 5) is 0. The third-order valence-corrected chi connectivity index (χ3v) is 2.95. The van der Waals surface area contributed by atoms with Gasteiger partial charge in [0.25, 0.3) is 0 Å². The van der Waals surface area contributed by atoms with Crippen molar-refractivity contribution in [3.8, 4) is 0 Å². The fourth-order valence-electron chi connectivity index (χ4n) is 1.63. The van der Waals surface area contributed by atoms with E-state index in [0.29, 0.717) is 0 Å². The molecule has 0 heterocycles. The Hall–Kier alpha value is -0.240. The molecule has 1 saturated carbocycles. The van der Waals surface area contributed by atoms with Gasteiger partial charge in [0.05, 0.1) is 0 Å². The van der Waals surface area contributed by atoms with Gasteiger partial charge in [-0.25, -0.2) is 0 Å². The lowest BCUT2D eigenvalue weighted by molar-refractivity contribution is 0.586. The number of nitrogens with one attached hydrogen (secondary N) is 1. The predicted octanol–water partition coefficient (Wildman–Crippen LogP) is 2.97.